The number of carbonyl (C=O) groups is 2. The Bertz CT molecular complexity index is 1020. The smallest absolute Gasteiger partial charge is 0.422 e. The molecule has 0 aromatic heterocycles. The summed E-state index contributed by atoms with van der Waals surface area (Å²) in [5.41, 5.74) is 4.32. The van der Waals surface area contributed by atoms with Crippen LogP contribution in [0.1, 0.15) is 20.7 Å². The maximum absolute atomic E-state index is 12.2. The highest BCUT2D eigenvalue weighted by Gasteiger charge is 2.28. The molecular formula is C18H18F3N3O5S. The van der Waals surface area contributed by atoms with E-state index >= 15 is 0 Å². The van der Waals surface area contributed by atoms with Gasteiger partial charge in [-0.05, 0) is 42.5 Å². The van der Waals surface area contributed by atoms with Gasteiger partial charge in [0.2, 0.25) is 10.0 Å². The maximum Gasteiger partial charge on any atom is 0.422 e. The van der Waals surface area contributed by atoms with Crippen LogP contribution in [0.4, 0.5) is 13.2 Å². The topological polar surface area (TPSA) is 105 Å². The van der Waals surface area contributed by atoms with E-state index in [-0.39, 0.29) is 21.8 Å². The molecule has 2 amide bonds. The molecule has 162 valence electrons. The predicted octanol–water partition coefficient (Wildman–Crippen LogP) is 1.95. The fourth-order valence-electron chi connectivity index (χ4n) is 2.13. The number of benzene rings is 2. The van der Waals surface area contributed by atoms with E-state index in [0.29, 0.717) is 0 Å². The van der Waals surface area contributed by atoms with Gasteiger partial charge >= 0.3 is 6.18 Å². The first-order valence-corrected chi connectivity index (χ1v) is 9.77. The molecule has 30 heavy (non-hydrogen) atoms. The van der Waals surface area contributed by atoms with Crippen LogP contribution in [-0.2, 0) is 10.0 Å². The Morgan fingerprint density at radius 3 is 2.07 bits per heavy atom. The molecule has 0 unspecified atom stereocenters. The van der Waals surface area contributed by atoms with Gasteiger partial charge in [-0.15, -0.1) is 0 Å². The van der Waals surface area contributed by atoms with Crippen molar-refractivity contribution in [2.75, 3.05) is 20.7 Å². The number of alkyl halides is 3. The summed E-state index contributed by atoms with van der Waals surface area (Å²) in [6.45, 7) is -1.46. The van der Waals surface area contributed by atoms with E-state index in [9.17, 15) is 31.2 Å². The first-order valence-electron chi connectivity index (χ1n) is 8.33. The lowest BCUT2D eigenvalue weighted by molar-refractivity contribution is -0.153. The zero-order chi connectivity index (χ0) is 22.5. The molecule has 8 nitrogen and oxygen atoms in total. The van der Waals surface area contributed by atoms with E-state index in [1.54, 1.807) is 0 Å². The number of ether oxygens (including phenoxy) is 1. The number of nitrogens with zero attached hydrogens (tertiary/aromatic N) is 1. The zero-order valence-electron chi connectivity index (χ0n) is 15.9. The Labute approximate surface area is 170 Å². The Kier molecular flexibility index (Phi) is 7.05. The molecule has 2 aromatic rings. The van der Waals surface area contributed by atoms with Crippen molar-refractivity contribution in [1.29, 1.82) is 0 Å². The third kappa shape index (κ3) is 6.19. The van der Waals surface area contributed by atoms with E-state index in [4.69, 9.17) is 0 Å². The third-order valence-corrected chi connectivity index (χ3v) is 5.49. The number of sulfonamides is 1. The van der Waals surface area contributed by atoms with Crippen molar-refractivity contribution in [2.24, 2.45) is 0 Å². The second-order valence-corrected chi connectivity index (χ2v) is 8.30. The highest BCUT2D eigenvalue weighted by atomic mass is 32.2. The van der Waals surface area contributed by atoms with Gasteiger partial charge in [0.1, 0.15) is 5.75 Å². The predicted molar refractivity (Wildman–Crippen MR) is 100 cm³/mol. The van der Waals surface area contributed by atoms with Gasteiger partial charge in [0.15, 0.2) is 6.61 Å². The normalized spacial score (nSPS) is 11.8. The van der Waals surface area contributed by atoms with Gasteiger partial charge in [-0.2, -0.15) is 13.2 Å². The van der Waals surface area contributed by atoms with Crippen LogP contribution in [-0.4, -0.2) is 51.4 Å². The highest BCUT2D eigenvalue weighted by molar-refractivity contribution is 7.89. The number of hydrogen-bond donors (Lipinski definition) is 2. The van der Waals surface area contributed by atoms with Gasteiger partial charge in [0, 0.05) is 25.2 Å². The van der Waals surface area contributed by atoms with E-state index in [2.05, 4.69) is 15.6 Å². The minimum atomic E-state index is -4.48. The van der Waals surface area contributed by atoms with Crippen molar-refractivity contribution in [1.82, 2.24) is 15.2 Å². The minimum Gasteiger partial charge on any atom is -0.484 e. The molecule has 0 heterocycles. The van der Waals surface area contributed by atoms with Crippen LogP contribution in [0, 0.1) is 0 Å². The molecule has 0 aliphatic heterocycles. The van der Waals surface area contributed by atoms with Gasteiger partial charge in [-0.3, -0.25) is 20.4 Å². The molecule has 0 aliphatic carbocycles. The lowest BCUT2D eigenvalue weighted by atomic mass is 10.2. The van der Waals surface area contributed by atoms with E-state index in [1.807, 2.05) is 0 Å². The van der Waals surface area contributed by atoms with Crippen LogP contribution in [0.2, 0.25) is 0 Å². The molecule has 0 aliphatic rings. The quantitative estimate of drug-likeness (QED) is 0.662. The monoisotopic (exact) mass is 445 g/mol. The highest BCUT2D eigenvalue weighted by Crippen LogP contribution is 2.19. The largest absolute Gasteiger partial charge is 0.484 e. The number of rotatable bonds is 6. The third-order valence-electron chi connectivity index (χ3n) is 3.68. The van der Waals surface area contributed by atoms with Crippen molar-refractivity contribution in [3.63, 3.8) is 0 Å². The summed E-state index contributed by atoms with van der Waals surface area (Å²) in [4.78, 5) is 24.2. The number of hydrazine groups is 1. The lowest BCUT2D eigenvalue weighted by Crippen LogP contribution is -2.41. The molecular weight excluding hydrogens is 427 g/mol. The van der Waals surface area contributed by atoms with Crippen molar-refractivity contribution in [3.05, 3.63) is 59.7 Å². The Morgan fingerprint density at radius 1 is 0.967 bits per heavy atom. The molecule has 2 aromatic carbocycles. The summed E-state index contributed by atoms with van der Waals surface area (Å²) in [6.07, 6.45) is -4.48. The molecule has 0 bridgehead atoms. The van der Waals surface area contributed by atoms with Gasteiger partial charge in [-0.1, -0.05) is 6.07 Å². The minimum absolute atomic E-state index is 0.00544. The number of hydrogen-bond acceptors (Lipinski definition) is 5. The zero-order valence-corrected chi connectivity index (χ0v) is 16.7. The number of halogens is 3. The Hall–Kier alpha value is -3.12. The van der Waals surface area contributed by atoms with E-state index in [0.717, 1.165) is 10.4 Å². The SMILES string of the molecule is CN(C)S(=O)(=O)c1cccc(C(=O)NNC(=O)c2ccc(OCC(F)(F)F)cc2)c1. The second-order valence-electron chi connectivity index (χ2n) is 6.15. The van der Waals surface area contributed by atoms with Crippen LogP contribution in [0.25, 0.3) is 0 Å². The van der Waals surface area contributed by atoms with E-state index < -0.39 is 34.6 Å². The van der Waals surface area contributed by atoms with Crippen LogP contribution in [0.5, 0.6) is 5.75 Å². The molecule has 0 spiro atoms. The van der Waals surface area contributed by atoms with Crippen LogP contribution >= 0.6 is 0 Å². The van der Waals surface area contributed by atoms with Crippen molar-refractivity contribution in [2.45, 2.75) is 11.1 Å². The second kappa shape index (κ2) is 9.13. The summed E-state index contributed by atoms with van der Waals surface area (Å²) in [6, 6.07) is 10.0. The molecule has 0 radical (unpaired) electrons. The summed E-state index contributed by atoms with van der Waals surface area (Å²) >= 11 is 0. The summed E-state index contributed by atoms with van der Waals surface area (Å²) in [5.74, 6) is -1.57. The van der Waals surface area contributed by atoms with Gasteiger partial charge in [0.05, 0.1) is 4.90 Å². The Balaban J connectivity index is 1.99. The Morgan fingerprint density at radius 2 is 1.53 bits per heavy atom. The fraction of sp³-hybridized carbons (Fsp3) is 0.222. The average Bonchev–Trinajstić information content (AvgIpc) is 2.70. The molecule has 12 heteroatoms. The molecule has 0 atom stereocenters. The first-order chi connectivity index (χ1) is 13.9. The first kappa shape index (κ1) is 23.2. The summed E-state index contributed by atoms with van der Waals surface area (Å²) in [5, 5.41) is 0. The number of carbonyl (C=O) groups excluding carboxylic acids is 2. The molecule has 0 fully saturated rings. The van der Waals surface area contributed by atoms with Crippen LogP contribution < -0.4 is 15.6 Å². The van der Waals surface area contributed by atoms with Crippen LogP contribution in [0.15, 0.2) is 53.4 Å². The van der Waals surface area contributed by atoms with Crippen molar-refractivity contribution >= 4 is 21.8 Å². The van der Waals surface area contributed by atoms with Gasteiger partial charge in [-0.25, -0.2) is 12.7 Å². The summed E-state index contributed by atoms with van der Waals surface area (Å²) in [7, 11) is -1.04. The average molecular weight is 445 g/mol. The number of amides is 2. The van der Waals surface area contributed by atoms with Crippen molar-refractivity contribution in [3.8, 4) is 5.75 Å². The molecule has 0 saturated heterocycles. The molecule has 2 N–H and O–H groups in total. The molecule has 0 saturated carbocycles. The van der Waals surface area contributed by atoms with Gasteiger partial charge in [0.25, 0.3) is 11.8 Å². The lowest BCUT2D eigenvalue weighted by Gasteiger charge is -2.13. The fourth-order valence-corrected chi connectivity index (χ4v) is 3.08. The maximum atomic E-state index is 12.2. The van der Waals surface area contributed by atoms with Crippen LogP contribution in [0.3, 0.4) is 0 Å². The molecule has 2 rings (SSSR count). The van der Waals surface area contributed by atoms with E-state index in [1.165, 1.54) is 56.6 Å². The van der Waals surface area contributed by atoms with Gasteiger partial charge < -0.3 is 4.74 Å². The summed E-state index contributed by atoms with van der Waals surface area (Å²) < 4.78 is 66.2. The number of nitrogens with one attached hydrogen (secondary N) is 2. The van der Waals surface area contributed by atoms with Crippen molar-refractivity contribution < 1.29 is 35.9 Å². The standard InChI is InChI=1S/C18H18F3N3O5S/c1-24(2)30(27,28)15-5-3-4-13(10-15)17(26)23-22-16(25)12-6-8-14(9-7-12)29-11-18(19,20)21/h3-10H,11H2,1-2H3,(H,22,25)(H,23,26).